The summed E-state index contributed by atoms with van der Waals surface area (Å²) < 4.78 is 0. The highest BCUT2D eigenvalue weighted by atomic mass is 16.2. The van der Waals surface area contributed by atoms with Gasteiger partial charge in [-0.05, 0) is 36.8 Å². The zero-order valence-corrected chi connectivity index (χ0v) is 17.4. The average Bonchev–Trinajstić information content (AvgIpc) is 2.83. The minimum Gasteiger partial charge on any atom is -0.369 e. The van der Waals surface area contributed by atoms with E-state index in [1.807, 2.05) is 31.2 Å². The molecule has 0 radical (unpaired) electrons. The monoisotopic (exact) mass is 387 g/mol. The van der Waals surface area contributed by atoms with E-state index < -0.39 is 5.54 Å². The molecule has 0 aromatic heterocycles. The van der Waals surface area contributed by atoms with Gasteiger partial charge in [0.25, 0.3) is 5.91 Å². The van der Waals surface area contributed by atoms with Crippen LogP contribution in [-0.4, -0.2) is 34.9 Å². The summed E-state index contributed by atoms with van der Waals surface area (Å²) >= 11 is 0. The summed E-state index contributed by atoms with van der Waals surface area (Å²) in [5, 5.41) is 5.68. The Morgan fingerprint density at radius 3 is 2.68 bits per heavy atom. The van der Waals surface area contributed by atoms with Gasteiger partial charge >= 0.3 is 6.03 Å². The minimum atomic E-state index is -0.784. The summed E-state index contributed by atoms with van der Waals surface area (Å²) in [6.45, 7) is 9.54. The van der Waals surface area contributed by atoms with Crippen LogP contribution in [0.1, 0.15) is 58.1 Å². The number of carbonyl (C=O) groups excluding carboxylic acids is 2. The fourth-order valence-corrected chi connectivity index (χ4v) is 3.48. The number of hydrogen-bond acceptors (Lipinski definition) is 4. The van der Waals surface area contributed by atoms with Gasteiger partial charge in [0, 0.05) is 13.1 Å². The summed E-state index contributed by atoms with van der Waals surface area (Å²) in [6.07, 6.45) is 2.67. The number of hydrogen-bond donors (Lipinski definition) is 3. The molecule has 1 aromatic rings. The van der Waals surface area contributed by atoms with Crippen molar-refractivity contribution in [2.75, 3.05) is 6.54 Å². The lowest BCUT2D eigenvalue weighted by Gasteiger charge is -2.23. The molecule has 3 amide bonds. The number of unbranched alkanes of at least 4 members (excludes halogenated alkanes) is 1. The zero-order chi connectivity index (χ0) is 20.7. The predicted molar refractivity (Wildman–Crippen MR) is 112 cm³/mol. The molecule has 1 heterocycles. The largest absolute Gasteiger partial charge is 0.369 e. The van der Waals surface area contributed by atoms with E-state index in [1.54, 1.807) is 4.90 Å². The third kappa shape index (κ3) is 5.71. The molecule has 0 spiro atoms. The van der Waals surface area contributed by atoms with Crippen LogP contribution in [0.4, 0.5) is 4.79 Å². The van der Waals surface area contributed by atoms with Crippen LogP contribution in [0.3, 0.4) is 0 Å². The van der Waals surface area contributed by atoms with E-state index in [2.05, 4.69) is 36.4 Å². The Morgan fingerprint density at radius 2 is 2.00 bits per heavy atom. The number of rotatable bonds is 9. The van der Waals surface area contributed by atoms with Crippen LogP contribution in [0, 0.1) is 5.92 Å². The molecule has 0 saturated carbocycles. The second-order valence-electron chi connectivity index (χ2n) is 8.02. The van der Waals surface area contributed by atoms with Crippen LogP contribution >= 0.6 is 0 Å². The van der Waals surface area contributed by atoms with Crippen LogP contribution in [0.15, 0.2) is 29.3 Å². The van der Waals surface area contributed by atoms with Crippen molar-refractivity contribution in [3.05, 3.63) is 35.4 Å². The first-order valence-corrected chi connectivity index (χ1v) is 10.0. The number of nitrogens with one attached hydrogen (secondary N) is 2. The number of nitrogens with two attached hydrogens (primary N) is 1. The summed E-state index contributed by atoms with van der Waals surface area (Å²) in [5.74, 6) is 0.563. The van der Waals surface area contributed by atoms with E-state index in [9.17, 15) is 9.59 Å². The molecule has 1 aromatic carbocycles. The van der Waals surface area contributed by atoms with Crippen LogP contribution in [0.5, 0.6) is 0 Å². The molecule has 0 fully saturated rings. The maximum atomic E-state index is 12.9. The fourth-order valence-electron chi connectivity index (χ4n) is 3.48. The van der Waals surface area contributed by atoms with Gasteiger partial charge in [0.1, 0.15) is 5.54 Å². The molecule has 2 rings (SSSR count). The van der Waals surface area contributed by atoms with Crippen LogP contribution < -0.4 is 16.4 Å². The van der Waals surface area contributed by atoms with E-state index in [0.717, 1.165) is 24.0 Å². The van der Waals surface area contributed by atoms with Crippen molar-refractivity contribution in [3.8, 4) is 0 Å². The Balaban J connectivity index is 1.97. The van der Waals surface area contributed by atoms with E-state index in [0.29, 0.717) is 32.0 Å². The first kappa shape index (κ1) is 21.7. The minimum absolute atomic E-state index is 0.0578. The molecule has 1 aliphatic rings. The van der Waals surface area contributed by atoms with Crippen molar-refractivity contribution < 1.29 is 9.59 Å². The normalized spacial score (nSPS) is 19.1. The Hall–Kier alpha value is -2.57. The second kappa shape index (κ2) is 9.57. The van der Waals surface area contributed by atoms with Gasteiger partial charge < -0.3 is 16.4 Å². The number of amides is 3. The highest BCUT2D eigenvalue weighted by Gasteiger charge is 2.43. The summed E-state index contributed by atoms with van der Waals surface area (Å²) in [6, 6.07) is 7.62. The van der Waals surface area contributed by atoms with Crippen molar-refractivity contribution in [1.29, 1.82) is 0 Å². The quantitative estimate of drug-likeness (QED) is 0.568. The van der Waals surface area contributed by atoms with Crippen molar-refractivity contribution in [1.82, 2.24) is 15.5 Å². The molecule has 7 heteroatoms. The first-order chi connectivity index (χ1) is 13.2. The van der Waals surface area contributed by atoms with E-state index >= 15 is 0 Å². The third-order valence-corrected chi connectivity index (χ3v) is 4.75. The molecule has 0 aliphatic carbocycles. The van der Waals surface area contributed by atoms with Crippen molar-refractivity contribution in [2.45, 2.75) is 65.6 Å². The highest BCUT2D eigenvalue weighted by Crippen LogP contribution is 2.29. The fraction of sp³-hybridized carbons (Fsp3) is 0.571. The van der Waals surface area contributed by atoms with Crippen molar-refractivity contribution in [3.63, 3.8) is 0 Å². The summed E-state index contributed by atoms with van der Waals surface area (Å²) in [7, 11) is 0. The Bertz CT molecular complexity index is 731. The first-order valence-electron chi connectivity index (χ1n) is 10.0. The van der Waals surface area contributed by atoms with Crippen molar-refractivity contribution in [2.24, 2.45) is 16.6 Å². The standard InChI is InChI=1S/C21H33N5O2/c1-5-6-10-23-20(28)24-13-16-8-7-9-17(11-16)14-26-18(27)21(4,12-15(2)3)25-19(26)22/h7-9,11,15H,5-6,10,12-14H2,1-4H3,(H2,22,25)(H2,23,24,28). The van der Waals surface area contributed by atoms with Gasteiger partial charge in [-0.25, -0.2) is 9.79 Å². The molecular formula is C21H33N5O2. The van der Waals surface area contributed by atoms with Crippen LogP contribution in [-0.2, 0) is 17.9 Å². The number of guanidine groups is 1. The van der Waals surface area contributed by atoms with E-state index in [4.69, 9.17) is 5.73 Å². The van der Waals surface area contributed by atoms with Gasteiger partial charge in [-0.1, -0.05) is 51.5 Å². The zero-order valence-electron chi connectivity index (χ0n) is 17.4. The van der Waals surface area contributed by atoms with Gasteiger partial charge in [0.05, 0.1) is 6.54 Å². The maximum Gasteiger partial charge on any atom is 0.315 e. The molecule has 1 unspecified atom stereocenters. The molecule has 0 saturated heterocycles. The molecule has 7 nitrogen and oxygen atoms in total. The molecular weight excluding hydrogens is 354 g/mol. The van der Waals surface area contributed by atoms with Crippen LogP contribution in [0.25, 0.3) is 0 Å². The Labute approximate surface area is 167 Å². The number of aliphatic imine (C=N–C) groups is 1. The SMILES string of the molecule is CCCCNC(=O)NCc1cccc(CN2C(=O)C(C)(CC(C)C)N=C2N)c1. The maximum absolute atomic E-state index is 12.9. The second-order valence-corrected chi connectivity index (χ2v) is 8.02. The number of nitrogens with zero attached hydrogens (tertiary/aromatic N) is 2. The lowest BCUT2D eigenvalue weighted by molar-refractivity contribution is -0.131. The van der Waals surface area contributed by atoms with E-state index in [1.165, 1.54) is 0 Å². The molecule has 28 heavy (non-hydrogen) atoms. The number of urea groups is 1. The Kier molecular flexibility index (Phi) is 7.43. The van der Waals surface area contributed by atoms with Crippen LogP contribution in [0.2, 0.25) is 0 Å². The average molecular weight is 388 g/mol. The van der Waals surface area contributed by atoms with Gasteiger partial charge in [-0.2, -0.15) is 0 Å². The molecule has 1 aliphatic heterocycles. The molecule has 4 N–H and O–H groups in total. The van der Waals surface area contributed by atoms with E-state index in [-0.39, 0.29) is 17.9 Å². The Morgan fingerprint density at radius 1 is 1.29 bits per heavy atom. The lowest BCUT2D eigenvalue weighted by Crippen LogP contribution is -2.43. The molecule has 0 bridgehead atoms. The van der Waals surface area contributed by atoms with Gasteiger partial charge in [0.2, 0.25) is 0 Å². The summed E-state index contributed by atoms with van der Waals surface area (Å²) in [5.41, 5.74) is 7.19. The molecule has 154 valence electrons. The smallest absolute Gasteiger partial charge is 0.315 e. The highest BCUT2D eigenvalue weighted by molar-refractivity contribution is 6.06. The van der Waals surface area contributed by atoms with Crippen molar-refractivity contribution >= 4 is 17.9 Å². The summed E-state index contributed by atoms with van der Waals surface area (Å²) in [4.78, 5) is 30.7. The van der Waals surface area contributed by atoms with Gasteiger partial charge in [0.15, 0.2) is 5.96 Å². The van der Waals surface area contributed by atoms with Gasteiger partial charge in [-0.15, -0.1) is 0 Å². The predicted octanol–water partition coefficient (Wildman–Crippen LogP) is 2.75. The number of benzene rings is 1. The van der Waals surface area contributed by atoms with Gasteiger partial charge in [-0.3, -0.25) is 9.69 Å². The topological polar surface area (TPSA) is 99.8 Å². The number of carbonyl (C=O) groups is 2. The molecule has 1 atom stereocenters. The third-order valence-electron chi connectivity index (χ3n) is 4.75. The lowest BCUT2D eigenvalue weighted by atomic mass is 9.91.